The van der Waals surface area contributed by atoms with E-state index < -0.39 is 19.5 Å². The van der Waals surface area contributed by atoms with Crippen molar-refractivity contribution in [2.24, 2.45) is 0 Å². The Labute approximate surface area is 116 Å². The first-order valence-electron chi connectivity index (χ1n) is 7.26. The SMILES string of the molecule is CCCCCCC[C@H](O)[C@@H](O)P(=O)(OCC)OCC. The highest BCUT2D eigenvalue weighted by molar-refractivity contribution is 7.54. The lowest BCUT2D eigenvalue weighted by atomic mass is 10.1. The van der Waals surface area contributed by atoms with Crippen molar-refractivity contribution in [2.75, 3.05) is 13.2 Å². The Balaban J connectivity index is 4.19. The first-order chi connectivity index (χ1) is 9.01. The summed E-state index contributed by atoms with van der Waals surface area (Å²) in [6.07, 6.45) is 4.61. The molecule has 0 aromatic heterocycles. The fourth-order valence-corrected chi connectivity index (χ4v) is 3.54. The molecule has 0 bridgehead atoms. The molecule has 2 N–H and O–H groups in total. The lowest BCUT2D eigenvalue weighted by Crippen LogP contribution is -2.27. The maximum atomic E-state index is 12.2. The van der Waals surface area contributed by atoms with Crippen LogP contribution in [0.2, 0.25) is 0 Å². The summed E-state index contributed by atoms with van der Waals surface area (Å²) in [6.45, 7) is 5.85. The summed E-state index contributed by atoms with van der Waals surface area (Å²) in [6, 6.07) is 0. The van der Waals surface area contributed by atoms with E-state index in [1.807, 2.05) is 0 Å². The second-order valence-electron chi connectivity index (χ2n) is 4.56. The maximum absolute atomic E-state index is 12.2. The van der Waals surface area contributed by atoms with Gasteiger partial charge < -0.3 is 19.3 Å². The summed E-state index contributed by atoms with van der Waals surface area (Å²) >= 11 is 0. The molecule has 5 nitrogen and oxygen atoms in total. The molecule has 6 heteroatoms. The standard InChI is InChI=1S/C13H29O5P/c1-4-7-8-9-10-11-12(14)13(15)19(16,17-5-2)18-6-3/h12-15H,4-11H2,1-3H3/t12-,13-/m0/s1. The molecule has 0 fully saturated rings. The molecule has 116 valence electrons. The minimum atomic E-state index is -3.62. The van der Waals surface area contributed by atoms with Crippen molar-refractivity contribution in [3.63, 3.8) is 0 Å². The van der Waals surface area contributed by atoms with Gasteiger partial charge in [-0.3, -0.25) is 4.57 Å². The fourth-order valence-electron chi connectivity index (χ4n) is 1.87. The van der Waals surface area contributed by atoms with Crippen LogP contribution in [0.1, 0.15) is 59.3 Å². The molecular formula is C13H29O5P. The van der Waals surface area contributed by atoms with Gasteiger partial charge >= 0.3 is 7.60 Å². The Morgan fingerprint density at radius 1 is 0.947 bits per heavy atom. The molecule has 0 aromatic carbocycles. The van der Waals surface area contributed by atoms with Crippen LogP contribution < -0.4 is 0 Å². The zero-order chi connectivity index (χ0) is 14.7. The van der Waals surface area contributed by atoms with Crippen molar-refractivity contribution < 1.29 is 23.8 Å². The highest BCUT2D eigenvalue weighted by Gasteiger charge is 2.38. The zero-order valence-electron chi connectivity index (χ0n) is 12.4. The van der Waals surface area contributed by atoms with Crippen LogP contribution in [0.3, 0.4) is 0 Å². The monoisotopic (exact) mass is 296 g/mol. The van der Waals surface area contributed by atoms with E-state index in [1.165, 1.54) is 6.42 Å². The summed E-state index contributed by atoms with van der Waals surface area (Å²) in [4.78, 5) is 0. The second kappa shape index (κ2) is 10.8. The van der Waals surface area contributed by atoms with Crippen molar-refractivity contribution in [3.05, 3.63) is 0 Å². The molecule has 0 heterocycles. The van der Waals surface area contributed by atoms with Gasteiger partial charge in [0.25, 0.3) is 0 Å². The van der Waals surface area contributed by atoms with Gasteiger partial charge in [-0.15, -0.1) is 0 Å². The van der Waals surface area contributed by atoms with Crippen LogP contribution in [0.5, 0.6) is 0 Å². The van der Waals surface area contributed by atoms with Crippen molar-refractivity contribution in [1.82, 2.24) is 0 Å². The van der Waals surface area contributed by atoms with Crippen LogP contribution in [0.25, 0.3) is 0 Å². The van der Waals surface area contributed by atoms with Gasteiger partial charge in [0.05, 0.1) is 19.3 Å². The third kappa shape index (κ3) is 7.42. The molecule has 0 spiro atoms. The largest absolute Gasteiger partial charge is 0.390 e. The van der Waals surface area contributed by atoms with E-state index >= 15 is 0 Å². The maximum Gasteiger partial charge on any atom is 0.361 e. The quantitative estimate of drug-likeness (QED) is 0.427. The van der Waals surface area contributed by atoms with Gasteiger partial charge in [0.15, 0.2) is 5.85 Å². The van der Waals surface area contributed by atoms with Gasteiger partial charge in [-0.2, -0.15) is 0 Å². The molecule has 0 aliphatic heterocycles. The fraction of sp³-hybridized carbons (Fsp3) is 1.00. The van der Waals surface area contributed by atoms with Gasteiger partial charge in [0, 0.05) is 0 Å². The van der Waals surface area contributed by atoms with E-state index in [-0.39, 0.29) is 13.2 Å². The molecule has 0 saturated heterocycles. The van der Waals surface area contributed by atoms with Crippen molar-refractivity contribution in [3.8, 4) is 0 Å². The molecular weight excluding hydrogens is 267 g/mol. The van der Waals surface area contributed by atoms with Gasteiger partial charge in [-0.25, -0.2) is 0 Å². The predicted octanol–water partition coefficient (Wildman–Crippen LogP) is 3.29. The Morgan fingerprint density at radius 3 is 1.95 bits per heavy atom. The van der Waals surface area contributed by atoms with Crippen LogP contribution in [0.4, 0.5) is 0 Å². The summed E-state index contributed by atoms with van der Waals surface area (Å²) < 4.78 is 22.3. The van der Waals surface area contributed by atoms with E-state index in [9.17, 15) is 14.8 Å². The van der Waals surface area contributed by atoms with Crippen molar-refractivity contribution in [2.45, 2.75) is 71.2 Å². The average molecular weight is 296 g/mol. The smallest absolute Gasteiger partial charge is 0.361 e. The summed E-state index contributed by atoms with van der Waals surface area (Å²) in [5.41, 5.74) is 0. The number of hydrogen-bond acceptors (Lipinski definition) is 5. The third-order valence-corrected chi connectivity index (χ3v) is 5.12. The molecule has 0 saturated carbocycles. The van der Waals surface area contributed by atoms with E-state index in [4.69, 9.17) is 9.05 Å². The Morgan fingerprint density at radius 2 is 1.47 bits per heavy atom. The summed E-state index contributed by atoms with van der Waals surface area (Å²) in [5.74, 6) is -1.46. The molecule has 0 rings (SSSR count). The molecule has 0 aromatic rings. The first kappa shape index (κ1) is 19.1. The highest BCUT2D eigenvalue weighted by Crippen LogP contribution is 2.53. The minimum absolute atomic E-state index is 0.178. The topological polar surface area (TPSA) is 76.0 Å². The van der Waals surface area contributed by atoms with Crippen molar-refractivity contribution in [1.29, 1.82) is 0 Å². The minimum Gasteiger partial charge on any atom is -0.390 e. The number of unbranched alkanes of at least 4 members (excludes halogenated alkanes) is 4. The lowest BCUT2D eigenvalue weighted by molar-refractivity contribution is 0.0346. The first-order valence-corrected chi connectivity index (χ1v) is 8.87. The van der Waals surface area contributed by atoms with Gasteiger partial charge in [0.2, 0.25) is 0 Å². The molecule has 0 radical (unpaired) electrons. The van der Waals surface area contributed by atoms with Crippen LogP contribution >= 0.6 is 7.60 Å². The van der Waals surface area contributed by atoms with Crippen LogP contribution in [-0.2, 0) is 13.6 Å². The molecule has 0 aliphatic carbocycles. The Bertz CT molecular complexity index is 249. The number of aliphatic hydroxyl groups excluding tert-OH is 2. The normalized spacial score (nSPS) is 15.4. The predicted molar refractivity (Wildman–Crippen MR) is 76.2 cm³/mol. The number of rotatable bonds is 12. The molecule has 0 amide bonds. The van der Waals surface area contributed by atoms with E-state index in [0.29, 0.717) is 6.42 Å². The van der Waals surface area contributed by atoms with Crippen LogP contribution in [-0.4, -0.2) is 35.4 Å². The lowest BCUT2D eigenvalue weighted by Gasteiger charge is -2.25. The average Bonchev–Trinajstić information content (AvgIpc) is 2.38. The van der Waals surface area contributed by atoms with Crippen LogP contribution in [0.15, 0.2) is 0 Å². The molecule has 0 unspecified atom stereocenters. The van der Waals surface area contributed by atoms with E-state index in [1.54, 1.807) is 13.8 Å². The zero-order valence-corrected chi connectivity index (χ0v) is 13.3. The summed E-state index contributed by atoms with van der Waals surface area (Å²) in [7, 11) is -3.62. The molecule has 0 aliphatic rings. The molecule has 19 heavy (non-hydrogen) atoms. The van der Waals surface area contributed by atoms with Crippen LogP contribution in [0, 0.1) is 0 Å². The Hall–Kier alpha value is 0.0700. The van der Waals surface area contributed by atoms with Crippen molar-refractivity contribution >= 4 is 7.60 Å². The second-order valence-corrected chi connectivity index (χ2v) is 6.68. The number of hydrogen-bond donors (Lipinski definition) is 2. The Kier molecular flexibility index (Phi) is 10.8. The van der Waals surface area contributed by atoms with E-state index in [0.717, 1.165) is 25.7 Å². The highest BCUT2D eigenvalue weighted by atomic mass is 31.2. The third-order valence-electron chi connectivity index (χ3n) is 2.89. The summed E-state index contributed by atoms with van der Waals surface area (Å²) in [5, 5.41) is 19.8. The van der Waals surface area contributed by atoms with Gasteiger partial charge in [-0.1, -0.05) is 39.0 Å². The number of aliphatic hydroxyl groups is 2. The van der Waals surface area contributed by atoms with Gasteiger partial charge in [0.1, 0.15) is 0 Å². The van der Waals surface area contributed by atoms with E-state index in [2.05, 4.69) is 6.92 Å². The molecule has 2 atom stereocenters. The van der Waals surface area contributed by atoms with Gasteiger partial charge in [-0.05, 0) is 20.3 Å².